The van der Waals surface area contributed by atoms with Crippen LogP contribution in [0.25, 0.3) is 0 Å². The molecule has 1 aliphatic carbocycles. The smallest absolute Gasteiger partial charge is 0.0837 e. The van der Waals surface area contributed by atoms with Crippen LogP contribution in [-0.2, 0) is 28.4 Å². The first-order valence-corrected chi connectivity index (χ1v) is 8.25. The maximum atomic E-state index is 5.92. The Bertz CT molecular complexity index is 239. The van der Waals surface area contributed by atoms with Crippen molar-refractivity contribution in [2.45, 2.75) is 37.9 Å². The predicted molar refractivity (Wildman–Crippen MR) is 83.3 cm³/mol. The van der Waals surface area contributed by atoms with Crippen molar-refractivity contribution in [3.8, 4) is 0 Å². The molecular formula is C16H32O6. The maximum absolute atomic E-state index is 5.92. The molecule has 0 amide bonds. The number of methoxy groups -OCH3 is 2. The summed E-state index contributed by atoms with van der Waals surface area (Å²) >= 11 is 0. The lowest BCUT2D eigenvalue weighted by molar-refractivity contribution is -0.109. The Morgan fingerprint density at radius 2 is 1.00 bits per heavy atom. The molecule has 6 heteroatoms. The molecule has 0 aromatic rings. The zero-order valence-electron chi connectivity index (χ0n) is 14.1. The van der Waals surface area contributed by atoms with E-state index in [0.29, 0.717) is 52.9 Å². The van der Waals surface area contributed by atoms with E-state index in [2.05, 4.69) is 0 Å². The Morgan fingerprint density at radius 1 is 0.591 bits per heavy atom. The minimum absolute atomic E-state index is 0.187. The van der Waals surface area contributed by atoms with Crippen molar-refractivity contribution in [1.82, 2.24) is 0 Å². The third-order valence-electron chi connectivity index (χ3n) is 3.62. The van der Waals surface area contributed by atoms with Gasteiger partial charge >= 0.3 is 0 Å². The predicted octanol–water partition coefficient (Wildman–Crippen LogP) is 1.66. The van der Waals surface area contributed by atoms with E-state index < -0.39 is 0 Å². The van der Waals surface area contributed by atoms with Crippen molar-refractivity contribution in [1.29, 1.82) is 0 Å². The average molecular weight is 320 g/mol. The fraction of sp³-hybridized carbons (Fsp3) is 1.00. The highest BCUT2D eigenvalue weighted by molar-refractivity contribution is 4.76. The molecular weight excluding hydrogens is 288 g/mol. The van der Waals surface area contributed by atoms with E-state index in [9.17, 15) is 0 Å². The molecule has 2 atom stereocenters. The molecule has 0 bridgehead atoms. The first-order chi connectivity index (χ1) is 10.9. The quantitative estimate of drug-likeness (QED) is 0.454. The van der Waals surface area contributed by atoms with E-state index in [-0.39, 0.29) is 12.2 Å². The van der Waals surface area contributed by atoms with Gasteiger partial charge in [-0.3, -0.25) is 0 Å². The Morgan fingerprint density at radius 3 is 1.55 bits per heavy atom. The monoisotopic (exact) mass is 320 g/mol. The minimum Gasteiger partial charge on any atom is -0.382 e. The summed E-state index contributed by atoms with van der Waals surface area (Å²) < 4.78 is 32.5. The fourth-order valence-electron chi connectivity index (χ4n) is 2.45. The lowest BCUT2D eigenvalue weighted by Gasteiger charge is -2.31. The van der Waals surface area contributed by atoms with Crippen LogP contribution < -0.4 is 0 Å². The Hall–Kier alpha value is -0.240. The molecule has 2 unspecified atom stereocenters. The Labute approximate surface area is 134 Å². The van der Waals surface area contributed by atoms with Gasteiger partial charge in [0.05, 0.1) is 65.1 Å². The molecule has 6 nitrogen and oxygen atoms in total. The number of hydrogen-bond donors (Lipinski definition) is 0. The van der Waals surface area contributed by atoms with Crippen molar-refractivity contribution >= 4 is 0 Å². The first kappa shape index (κ1) is 19.8. The van der Waals surface area contributed by atoms with Gasteiger partial charge in [-0.15, -0.1) is 0 Å². The maximum Gasteiger partial charge on any atom is 0.0837 e. The van der Waals surface area contributed by atoms with Gasteiger partial charge in [0, 0.05) is 14.2 Å². The zero-order valence-corrected chi connectivity index (χ0v) is 14.1. The number of rotatable bonds is 14. The van der Waals surface area contributed by atoms with Gasteiger partial charge in [0.2, 0.25) is 0 Å². The summed E-state index contributed by atoms with van der Waals surface area (Å²) in [6.07, 6.45) is 4.95. The van der Waals surface area contributed by atoms with Gasteiger partial charge in [-0.1, -0.05) is 12.8 Å². The molecule has 1 aliphatic rings. The average Bonchev–Trinajstić information content (AvgIpc) is 2.55. The molecule has 1 fully saturated rings. The van der Waals surface area contributed by atoms with E-state index in [1.807, 2.05) is 0 Å². The second-order valence-electron chi connectivity index (χ2n) is 5.31. The van der Waals surface area contributed by atoms with Crippen LogP contribution in [0.15, 0.2) is 0 Å². The molecule has 0 spiro atoms. The molecule has 0 aliphatic heterocycles. The first-order valence-electron chi connectivity index (χ1n) is 8.25. The van der Waals surface area contributed by atoms with E-state index in [1.54, 1.807) is 14.2 Å². The van der Waals surface area contributed by atoms with Crippen molar-refractivity contribution < 1.29 is 28.4 Å². The fourth-order valence-corrected chi connectivity index (χ4v) is 2.45. The topological polar surface area (TPSA) is 55.4 Å². The summed E-state index contributed by atoms with van der Waals surface area (Å²) in [5, 5.41) is 0. The Balaban J connectivity index is 1.99. The summed E-state index contributed by atoms with van der Waals surface area (Å²) in [6, 6.07) is 0. The van der Waals surface area contributed by atoms with Crippen LogP contribution in [0.2, 0.25) is 0 Å². The van der Waals surface area contributed by atoms with E-state index >= 15 is 0 Å². The summed E-state index contributed by atoms with van der Waals surface area (Å²) in [4.78, 5) is 0. The van der Waals surface area contributed by atoms with Crippen molar-refractivity contribution in [2.75, 3.05) is 67.1 Å². The minimum atomic E-state index is 0.187. The van der Waals surface area contributed by atoms with Crippen LogP contribution in [0.1, 0.15) is 25.7 Å². The molecule has 0 heterocycles. The lowest BCUT2D eigenvalue weighted by atomic mass is 9.94. The van der Waals surface area contributed by atoms with E-state index in [0.717, 1.165) is 12.8 Å². The van der Waals surface area contributed by atoms with Crippen LogP contribution in [0, 0.1) is 0 Å². The second kappa shape index (κ2) is 14.4. The van der Waals surface area contributed by atoms with Gasteiger partial charge in [0.1, 0.15) is 0 Å². The molecule has 0 N–H and O–H groups in total. The van der Waals surface area contributed by atoms with Crippen LogP contribution in [0.5, 0.6) is 0 Å². The molecule has 1 rings (SSSR count). The van der Waals surface area contributed by atoms with Crippen molar-refractivity contribution in [3.05, 3.63) is 0 Å². The summed E-state index contributed by atoms with van der Waals surface area (Å²) in [6.45, 7) is 4.88. The highest BCUT2D eigenvalue weighted by atomic mass is 16.6. The third kappa shape index (κ3) is 9.71. The molecule has 22 heavy (non-hydrogen) atoms. The van der Waals surface area contributed by atoms with Gasteiger partial charge < -0.3 is 28.4 Å². The SMILES string of the molecule is COCCOCCOCCOC1CCCCC1OCCOC. The van der Waals surface area contributed by atoms with Crippen molar-refractivity contribution in [3.63, 3.8) is 0 Å². The van der Waals surface area contributed by atoms with Gasteiger partial charge in [-0.2, -0.15) is 0 Å². The summed E-state index contributed by atoms with van der Waals surface area (Å²) in [5.41, 5.74) is 0. The summed E-state index contributed by atoms with van der Waals surface area (Å²) in [5.74, 6) is 0. The standard InChI is InChI=1S/C16H32O6/c1-17-7-9-19-10-11-20-12-14-22-16-6-4-3-5-15(16)21-13-8-18-2/h15-16H,3-14H2,1-2H3. The molecule has 132 valence electrons. The van der Waals surface area contributed by atoms with Crippen LogP contribution >= 0.6 is 0 Å². The molecule has 0 aromatic heterocycles. The molecule has 0 radical (unpaired) electrons. The summed E-state index contributed by atoms with van der Waals surface area (Å²) in [7, 11) is 3.35. The zero-order chi connectivity index (χ0) is 15.9. The van der Waals surface area contributed by atoms with Crippen LogP contribution in [0.4, 0.5) is 0 Å². The van der Waals surface area contributed by atoms with Crippen LogP contribution in [-0.4, -0.2) is 79.3 Å². The Kier molecular flexibility index (Phi) is 12.9. The van der Waals surface area contributed by atoms with Gasteiger partial charge in [-0.25, -0.2) is 0 Å². The van der Waals surface area contributed by atoms with E-state index in [4.69, 9.17) is 28.4 Å². The van der Waals surface area contributed by atoms with Gasteiger partial charge in [0.15, 0.2) is 0 Å². The van der Waals surface area contributed by atoms with Gasteiger partial charge in [-0.05, 0) is 12.8 Å². The van der Waals surface area contributed by atoms with Crippen molar-refractivity contribution in [2.24, 2.45) is 0 Å². The molecule has 1 saturated carbocycles. The molecule has 0 aromatic carbocycles. The van der Waals surface area contributed by atoms with Crippen LogP contribution in [0.3, 0.4) is 0 Å². The number of hydrogen-bond acceptors (Lipinski definition) is 6. The highest BCUT2D eigenvalue weighted by Gasteiger charge is 2.26. The van der Waals surface area contributed by atoms with Gasteiger partial charge in [0.25, 0.3) is 0 Å². The van der Waals surface area contributed by atoms with E-state index in [1.165, 1.54) is 12.8 Å². The second-order valence-corrected chi connectivity index (χ2v) is 5.31. The number of ether oxygens (including phenoxy) is 6. The molecule has 0 saturated heterocycles. The lowest BCUT2D eigenvalue weighted by Crippen LogP contribution is -2.36. The largest absolute Gasteiger partial charge is 0.382 e. The highest BCUT2D eigenvalue weighted by Crippen LogP contribution is 2.23. The third-order valence-corrected chi connectivity index (χ3v) is 3.62. The normalized spacial score (nSPS) is 22.1.